The number of primary amides is 1. The summed E-state index contributed by atoms with van der Waals surface area (Å²) < 4.78 is 11.5. The van der Waals surface area contributed by atoms with Crippen LogP contribution in [-0.2, 0) is 20.7 Å². The maximum atomic E-state index is 12.4. The maximum absolute atomic E-state index is 12.4. The van der Waals surface area contributed by atoms with Crippen LogP contribution in [0.25, 0.3) is 0 Å². The zero-order valence-corrected chi connectivity index (χ0v) is 19.7. The summed E-state index contributed by atoms with van der Waals surface area (Å²) in [6.07, 6.45) is 10.4. The van der Waals surface area contributed by atoms with E-state index in [2.05, 4.69) is 23.1 Å². The molecule has 0 bridgehead atoms. The minimum absolute atomic E-state index is 0.0219. The molecule has 0 radical (unpaired) electrons. The van der Waals surface area contributed by atoms with Crippen LogP contribution >= 0.6 is 0 Å². The van der Waals surface area contributed by atoms with Gasteiger partial charge in [-0.1, -0.05) is 18.6 Å². The molecular formula is C27H38N2O4. The molecule has 0 aromatic heterocycles. The number of hydrogen-bond donors (Lipinski definition) is 1. The van der Waals surface area contributed by atoms with E-state index in [4.69, 9.17) is 15.2 Å². The predicted molar refractivity (Wildman–Crippen MR) is 126 cm³/mol. The molecule has 2 N–H and O–H groups in total. The van der Waals surface area contributed by atoms with Gasteiger partial charge in [0.15, 0.2) is 5.60 Å². The molecule has 2 saturated carbocycles. The van der Waals surface area contributed by atoms with Crippen LogP contribution in [0.4, 0.5) is 0 Å². The predicted octanol–water partition coefficient (Wildman–Crippen LogP) is 3.95. The van der Waals surface area contributed by atoms with Crippen molar-refractivity contribution in [2.75, 3.05) is 26.2 Å². The molecule has 6 nitrogen and oxygen atoms in total. The van der Waals surface area contributed by atoms with Crippen molar-refractivity contribution in [1.82, 2.24) is 4.90 Å². The van der Waals surface area contributed by atoms with Crippen LogP contribution < -0.4 is 10.5 Å². The number of amides is 1. The molecule has 2 aliphatic carbocycles. The Morgan fingerprint density at radius 3 is 2.52 bits per heavy atom. The minimum Gasteiger partial charge on any atom is -0.493 e. The Balaban J connectivity index is 1.07. The van der Waals surface area contributed by atoms with Crippen molar-refractivity contribution in [1.29, 1.82) is 0 Å². The lowest BCUT2D eigenvalue weighted by molar-refractivity contribution is -0.178. The first-order valence-corrected chi connectivity index (χ1v) is 13.0. The highest BCUT2D eigenvalue weighted by Gasteiger charge is 2.45. The second-order valence-electron chi connectivity index (χ2n) is 10.7. The van der Waals surface area contributed by atoms with Crippen LogP contribution in [0.2, 0.25) is 0 Å². The monoisotopic (exact) mass is 454 g/mol. The summed E-state index contributed by atoms with van der Waals surface area (Å²) in [6.45, 7) is 4.22. The number of benzene rings is 1. The Hall–Kier alpha value is -2.08. The van der Waals surface area contributed by atoms with Gasteiger partial charge in [0.25, 0.3) is 5.91 Å². The lowest BCUT2D eigenvalue weighted by Crippen LogP contribution is -2.51. The summed E-state index contributed by atoms with van der Waals surface area (Å²) in [6, 6.07) is 6.55. The van der Waals surface area contributed by atoms with Gasteiger partial charge in [0.2, 0.25) is 0 Å². The number of rotatable bonds is 7. The van der Waals surface area contributed by atoms with Crippen molar-refractivity contribution in [3.05, 3.63) is 29.3 Å². The van der Waals surface area contributed by atoms with E-state index in [1.165, 1.54) is 24.0 Å². The summed E-state index contributed by atoms with van der Waals surface area (Å²) in [7, 11) is 0. The molecule has 1 amide bonds. The van der Waals surface area contributed by atoms with E-state index >= 15 is 0 Å². The van der Waals surface area contributed by atoms with E-state index in [-0.39, 0.29) is 11.9 Å². The van der Waals surface area contributed by atoms with Gasteiger partial charge in [0, 0.05) is 12.0 Å². The first-order chi connectivity index (χ1) is 16.0. The number of hydrogen-bond acceptors (Lipinski definition) is 5. The molecule has 1 saturated heterocycles. The van der Waals surface area contributed by atoms with Crippen LogP contribution in [0.3, 0.4) is 0 Å². The van der Waals surface area contributed by atoms with Crippen molar-refractivity contribution in [2.24, 2.45) is 17.6 Å². The molecule has 33 heavy (non-hydrogen) atoms. The second-order valence-corrected chi connectivity index (χ2v) is 10.7. The van der Waals surface area contributed by atoms with Gasteiger partial charge < -0.3 is 20.1 Å². The second kappa shape index (κ2) is 9.65. The molecule has 6 heteroatoms. The lowest BCUT2D eigenvalue weighted by atomic mass is 9.76. The molecule has 1 aromatic carbocycles. The fraction of sp³-hybridized carbons (Fsp3) is 0.704. The number of carbonyl (C=O) groups excluding carboxylic acids is 2. The Bertz CT molecular complexity index is 865. The number of likely N-dealkylation sites (tertiary alicyclic amines) is 1. The van der Waals surface area contributed by atoms with Crippen LogP contribution in [0.5, 0.6) is 5.75 Å². The van der Waals surface area contributed by atoms with Crippen molar-refractivity contribution >= 4 is 11.9 Å². The van der Waals surface area contributed by atoms with Gasteiger partial charge in [-0.3, -0.25) is 9.59 Å². The smallest absolute Gasteiger partial charge is 0.309 e. The average Bonchev–Trinajstić information content (AvgIpc) is 3.27. The standard InChI is InChI=1S/C27H38N2O4/c28-26(31)27(33-25(30)21-3-1-4-21)13-7-19(8-14-27)9-15-29-16-10-20(11-17-29)22-5-2-6-24-23(22)12-18-32-24/h2,5-6,19-21H,1,3-4,7-18H2,(H2,28,31). The highest BCUT2D eigenvalue weighted by Crippen LogP contribution is 2.40. The quantitative estimate of drug-likeness (QED) is 0.631. The summed E-state index contributed by atoms with van der Waals surface area (Å²) in [4.78, 5) is 27.2. The van der Waals surface area contributed by atoms with E-state index in [0.29, 0.717) is 24.7 Å². The Labute approximate surface area is 197 Å². The minimum atomic E-state index is -1.07. The summed E-state index contributed by atoms with van der Waals surface area (Å²) in [5.41, 5.74) is 7.59. The molecular weight excluding hydrogens is 416 g/mol. The van der Waals surface area contributed by atoms with Crippen LogP contribution in [0, 0.1) is 11.8 Å². The van der Waals surface area contributed by atoms with Gasteiger partial charge in [-0.25, -0.2) is 0 Å². The Morgan fingerprint density at radius 2 is 1.85 bits per heavy atom. The SMILES string of the molecule is NC(=O)C1(OC(=O)C2CCC2)CCC(CCN2CCC(c3cccc4c3CCO4)CC2)CC1. The highest BCUT2D eigenvalue weighted by molar-refractivity contribution is 5.87. The number of nitrogens with two attached hydrogens (primary N) is 1. The number of piperidine rings is 1. The topological polar surface area (TPSA) is 81.9 Å². The third-order valence-corrected chi connectivity index (χ3v) is 8.76. The molecule has 5 rings (SSSR count). The van der Waals surface area contributed by atoms with Crippen molar-refractivity contribution in [3.63, 3.8) is 0 Å². The molecule has 2 heterocycles. The number of nitrogens with zero attached hydrogens (tertiary/aromatic N) is 1. The van der Waals surface area contributed by atoms with Gasteiger partial charge >= 0.3 is 5.97 Å². The summed E-state index contributed by atoms with van der Waals surface area (Å²) in [5, 5.41) is 0. The van der Waals surface area contributed by atoms with Gasteiger partial charge in [-0.05, 0) is 101 Å². The largest absolute Gasteiger partial charge is 0.493 e. The lowest BCUT2D eigenvalue weighted by Gasteiger charge is -2.39. The molecule has 0 spiro atoms. The van der Waals surface area contributed by atoms with E-state index in [0.717, 1.165) is 76.9 Å². The maximum Gasteiger partial charge on any atom is 0.309 e. The number of esters is 1. The molecule has 180 valence electrons. The van der Waals surface area contributed by atoms with E-state index in [1.807, 2.05) is 0 Å². The first kappa shape index (κ1) is 22.7. The summed E-state index contributed by atoms with van der Waals surface area (Å²) in [5.74, 6) is 1.62. The van der Waals surface area contributed by atoms with Gasteiger partial charge in [-0.2, -0.15) is 0 Å². The van der Waals surface area contributed by atoms with Crippen LogP contribution in [0.15, 0.2) is 18.2 Å². The number of ether oxygens (including phenoxy) is 2. The van der Waals surface area contributed by atoms with Gasteiger partial charge in [0.05, 0.1) is 12.5 Å². The molecule has 1 aromatic rings. The molecule has 0 unspecified atom stereocenters. The van der Waals surface area contributed by atoms with Crippen molar-refractivity contribution < 1.29 is 19.1 Å². The van der Waals surface area contributed by atoms with Crippen molar-refractivity contribution in [2.45, 2.75) is 82.1 Å². The summed E-state index contributed by atoms with van der Waals surface area (Å²) >= 11 is 0. The van der Waals surface area contributed by atoms with E-state index < -0.39 is 11.5 Å². The zero-order chi connectivity index (χ0) is 22.8. The van der Waals surface area contributed by atoms with E-state index in [9.17, 15) is 9.59 Å². The molecule has 4 aliphatic rings. The van der Waals surface area contributed by atoms with Crippen LogP contribution in [0.1, 0.15) is 81.3 Å². The van der Waals surface area contributed by atoms with Gasteiger partial charge in [0.1, 0.15) is 5.75 Å². The molecule has 2 aliphatic heterocycles. The fourth-order valence-electron chi connectivity index (χ4n) is 6.21. The van der Waals surface area contributed by atoms with Gasteiger partial charge in [-0.15, -0.1) is 0 Å². The van der Waals surface area contributed by atoms with Crippen LogP contribution in [-0.4, -0.2) is 48.6 Å². The van der Waals surface area contributed by atoms with Crippen molar-refractivity contribution in [3.8, 4) is 5.75 Å². The normalized spacial score (nSPS) is 28.5. The average molecular weight is 455 g/mol. The molecule has 3 fully saturated rings. The highest BCUT2D eigenvalue weighted by atomic mass is 16.6. The number of carbonyl (C=O) groups is 2. The first-order valence-electron chi connectivity index (χ1n) is 13.0. The number of fused-ring (bicyclic) bond motifs is 1. The molecule has 0 atom stereocenters. The third-order valence-electron chi connectivity index (χ3n) is 8.76. The van der Waals surface area contributed by atoms with E-state index in [1.54, 1.807) is 0 Å². The fourth-order valence-corrected chi connectivity index (χ4v) is 6.21. The zero-order valence-electron chi connectivity index (χ0n) is 19.7. The Morgan fingerprint density at radius 1 is 1.09 bits per heavy atom. The Kier molecular flexibility index (Phi) is 6.64. The third kappa shape index (κ3) is 4.77.